The molecule has 3 atom stereocenters. The van der Waals surface area contributed by atoms with Crippen molar-refractivity contribution in [3.63, 3.8) is 0 Å². The highest BCUT2D eigenvalue weighted by atomic mass is 16.4. The average molecular weight is 256 g/mol. The van der Waals surface area contributed by atoms with Crippen LogP contribution in [0.5, 0.6) is 0 Å². The molecule has 0 bridgehead atoms. The van der Waals surface area contributed by atoms with E-state index in [4.69, 9.17) is 5.11 Å². The molecular weight excluding hydrogens is 236 g/mol. The number of hydrogen-bond acceptors (Lipinski definition) is 3. The summed E-state index contributed by atoms with van der Waals surface area (Å²) in [6, 6.07) is 0. The number of rotatable bonds is 4. The summed E-state index contributed by atoms with van der Waals surface area (Å²) in [7, 11) is 3.03. The first kappa shape index (κ1) is 14.5. The van der Waals surface area contributed by atoms with Crippen molar-refractivity contribution in [3.8, 4) is 0 Å². The van der Waals surface area contributed by atoms with Crippen molar-refractivity contribution in [2.75, 3.05) is 20.6 Å². The number of nitrogens with one attached hydrogen (secondary N) is 1. The molecule has 0 aliphatic heterocycles. The number of aliphatic carboxylic acids is 1. The zero-order valence-electron chi connectivity index (χ0n) is 11.0. The topological polar surface area (TPSA) is 86.7 Å². The summed E-state index contributed by atoms with van der Waals surface area (Å²) in [5.41, 5.74) is 0. The molecule has 102 valence electrons. The molecule has 1 rings (SSSR count). The first-order valence-electron chi connectivity index (χ1n) is 6.05. The highest BCUT2D eigenvalue weighted by Crippen LogP contribution is 2.37. The SMILES string of the molecule is CNC(=O)CN(C)C(=O)C1CC(C)CC1C(=O)O. The Balaban J connectivity index is 2.70. The number of hydrogen-bond donors (Lipinski definition) is 2. The Labute approximate surface area is 106 Å². The van der Waals surface area contributed by atoms with Crippen LogP contribution in [-0.4, -0.2) is 48.4 Å². The minimum Gasteiger partial charge on any atom is -0.481 e. The number of nitrogens with zero attached hydrogens (tertiary/aromatic N) is 1. The zero-order valence-corrected chi connectivity index (χ0v) is 11.0. The van der Waals surface area contributed by atoms with Gasteiger partial charge in [-0.2, -0.15) is 0 Å². The Hall–Kier alpha value is -1.59. The lowest BCUT2D eigenvalue weighted by Crippen LogP contribution is -2.41. The number of carboxylic acid groups (broad SMARTS) is 1. The minimum absolute atomic E-state index is 0.0352. The number of carbonyl (C=O) groups is 3. The third-order valence-electron chi connectivity index (χ3n) is 3.47. The minimum atomic E-state index is -0.925. The molecular formula is C12H20N2O4. The van der Waals surface area contributed by atoms with Crippen molar-refractivity contribution in [1.82, 2.24) is 10.2 Å². The third-order valence-corrected chi connectivity index (χ3v) is 3.47. The fraction of sp³-hybridized carbons (Fsp3) is 0.750. The van der Waals surface area contributed by atoms with Crippen molar-refractivity contribution in [2.24, 2.45) is 17.8 Å². The van der Waals surface area contributed by atoms with E-state index >= 15 is 0 Å². The van der Waals surface area contributed by atoms with Gasteiger partial charge in [0.25, 0.3) is 0 Å². The average Bonchev–Trinajstić information content (AvgIpc) is 2.70. The quantitative estimate of drug-likeness (QED) is 0.737. The Kier molecular flexibility index (Phi) is 4.69. The van der Waals surface area contributed by atoms with Crippen molar-refractivity contribution in [3.05, 3.63) is 0 Å². The normalized spacial score (nSPS) is 26.7. The fourth-order valence-corrected chi connectivity index (χ4v) is 2.49. The summed E-state index contributed by atoms with van der Waals surface area (Å²) in [4.78, 5) is 35.8. The van der Waals surface area contributed by atoms with Crippen molar-refractivity contribution in [2.45, 2.75) is 19.8 Å². The molecule has 3 unspecified atom stereocenters. The Morgan fingerprint density at radius 3 is 2.33 bits per heavy atom. The summed E-state index contributed by atoms with van der Waals surface area (Å²) >= 11 is 0. The fourth-order valence-electron chi connectivity index (χ4n) is 2.49. The van der Waals surface area contributed by atoms with Crippen LogP contribution in [0.1, 0.15) is 19.8 Å². The highest BCUT2D eigenvalue weighted by Gasteiger charge is 2.42. The molecule has 2 N–H and O–H groups in total. The maximum absolute atomic E-state index is 12.1. The van der Waals surface area contributed by atoms with E-state index in [1.54, 1.807) is 0 Å². The monoisotopic (exact) mass is 256 g/mol. The molecule has 18 heavy (non-hydrogen) atoms. The lowest BCUT2D eigenvalue weighted by atomic mass is 9.95. The van der Waals surface area contributed by atoms with Gasteiger partial charge < -0.3 is 15.3 Å². The molecule has 0 radical (unpaired) electrons. The maximum Gasteiger partial charge on any atom is 0.307 e. The molecule has 0 saturated heterocycles. The van der Waals surface area contributed by atoms with Crippen LogP contribution in [0.4, 0.5) is 0 Å². The Morgan fingerprint density at radius 1 is 1.28 bits per heavy atom. The van der Waals surface area contributed by atoms with E-state index < -0.39 is 17.8 Å². The van der Waals surface area contributed by atoms with Crippen molar-refractivity contribution < 1.29 is 19.5 Å². The zero-order chi connectivity index (χ0) is 13.9. The van der Waals surface area contributed by atoms with Crippen LogP contribution in [0.25, 0.3) is 0 Å². The summed E-state index contributed by atoms with van der Waals surface area (Å²) in [6.45, 7) is 1.91. The van der Waals surface area contributed by atoms with Crippen molar-refractivity contribution in [1.29, 1.82) is 0 Å². The lowest BCUT2D eigenvalue weighted by molar-refractivity contribution is -0.149. The van der Waals surface area contributed by atoms with Gasteiger partial charge in [-0.3, -0.25) is 14.4 Å². The lowest BCUT2D eigenvalue weighted by Gasteiger charge is -2.22. The Morgan fingerprint density at radius 2 is 1.83 bits per heavy atom. The van der Waals surface area contributed by atoms with E-state index in [9.17, 15) is 14.4 Å². The smallest absolute Gasteiger partial charge is 0.307 e. The van der Waals surface area contributed by atoms with E-state index in [0.717, 1.165) is 0 Å². The van der Waals surface area contributed by atoms with E-state index in [2.05, 4.69) is 5.32 Å². The van der Waals surface area contributed by atoms with E-state index in [0.29, 0.717) is 12.8 Å². The molecule has 1 aliphatic carbocycles. The summed E-state index contributed by atoms with van der Waals surface area (Å²) in [5.74, 6) is -2.34. The second-order valence-electron chi connectivity index (χ2n) is 5.00. The van der Waals surface area contributed by atoms with Gasteiger partial charge in [-0.05, 0) is 18.8 Å². The Bertz CT molecular complexity index is 356. The first-order valence-corrected chi connectivity index (χ1v) is 6.05. The number of carboxylic acids is 1. The summed E-state index contributed by atoms with van der Waals surface area (Å²) < 4.78 is 0. The van der Waals surface area contributed by atoms with E-state index in [1.165, 1.54) is 19.0 Å². The van der Waals surface area contributed by atoms with Crippen LogP contribution in [0, 0.1) is 17.8 Å². The molecule has 0 aromatic heterocycles. The highest BCUT2D eigenvalue weighted by molar-refractivity contribution is 5.88. The number of amides is 2. The predicted octanol–water partition coefficient (Wildman–Crippen LogP) is -0.0623. The summed E-state index contributed by atoms with van der Waals surface area (Å²) in [6.07, 6.45) is 1.10. The van der Waals surface area contributed by atoms with E-state index in [1.807, 2.05) is 6.92 Å². The molecule has 0 heterocycles. The van der Waals surface area contributed by atoms with Crippen molar-refractivity contribution >= 4 is 17.8 Å². The first-order chi connectivity index (χ1) is 8.36. The van der Waals surface area contributed by atoms with Gasteiger partial charge >= 0.3 is 5.97 Å². The van der Waals surface area contributed by atoms with E-state index in [-0.39, 0.29) is 24.3 Å². The predicted molar refractivity (Wildman–Crippen MR) is 64.7 cm³/mol. The molecule has 1 fully saturated rings. The maximum atomic E-state index is 12.1. The second kappa shape index (κ2) is 5.84. The van der Waals surface area contributed by atoms with Gasteiger partial charge in [-0.15, -0.1) is 0 Å². The second-order valence-corrected chi connectivity index (χ2v) is 5.00. The molecule has 1 saturated carbocycles. The third kappa shape index (κ3) is 3.21. The van der Waals surface area contributed by atoms with Gasteiger partial charge in [-0.1, -0.05) is 6.92 Å². The molecule has 0 aromatic rings. The molecule has 2 amide bonds. The number of carbonyl (C=O) groups excluding carboxylic acids is 2. The molecule has 0 spiro atoms. The van der Waals surface area contributed by atoms with Crippen LogP contribution >= 0.6 is 0 Å². The van der Waals surface area contributed by atoms with Gasteiger partial charge in [-0.25, -0.2) is 0 Å². The van der Waals surface area contributed by atoms with Crippen LogP contribution in [0.2, 0.25) is 0 Å². The van der Waals surface area contributed by atoms with Gasteiger partial charge in [0.05, 0.1) is 18.4 Å². The van der Waals surface area contributed by atoms with Gasteiger partial charge in [0.1, 0.15) is 0 Å². The molecule has 1 aliphatic rings. The van der Waals surface area contributed by atoms with Crippen LogP contribution in [0.3, 0.4) is 0 Å². The number of likely N-dealkylation sites (N-methyl/N-ethyl adjacent to an activating group) is 2. The molecule has 6 heteroatoms. The van der Waals surface area contributed by atoms with Crippen LogP contribution < -0.4 is 5.32 Å². The van der Waals surface area contributed by atoms with Gasteiger partial charge in [0, 0.05) is 14.1 Å². The van der Waals surface area contributed by atoms with Crippen LogP contribution in [-0.2, 0) is 14.4 Å². The van der Waals surface area contributed by atoms with Gasteiger partial charge in [0.15, 0.2) is 0 Å². The molecule has 6 nitrogen and oxygen atoms in total. The standard InChI is InChI=1S/C12H20N2O4/c1-7-4-8(9(5-7)12(17)18)11(16)14(3)6-10(15)13-2/h7-9H,4-6H2,1-3H3,(H,13,15)(H,17,18). The summed E-state index contributed by atoms with van der Waals surface area (Å²) in [5, 5.41) is 11.5. The van der Waals surface area contributed by atoms with Gasteiger partial charge in [0.2, 0.25) is 11.8 Å². The van der Waals surface area contributed by atoms with Crippen LogP contribution in [0.15, 0.2) is 0 Å². The molecule has 0 aromatic carbocycles. The largest absolute Gasteiger partial charge is 0.481 e.